The minimum Gasteiger partial charge on any atom is -0.338 e. The Morgan fingerprint density at radius 1 is 1.35 bits per heavy atom. The topological polar surface area (TPSA) is 32.3 Å². The lowest BCUT2D eigenvalue weighted by Gasteiger charge is -2.25. The van der Waals surface area contributed by atoms with Crippen molar-refractivity contribution in [3.05, 3.63) is 35.4 Å². The molecule has 2 fully saturated rings. The first-order valence-corrected chi connectivity index (χ1v) is 7.76. The fourth-order valence-electron chi connectivity index (χ4n) is 3.70. The summed E-state index contributed by atoms with van der Waals surface area (Å²) >= 11 is 0. The summed E-state index contributed by atoms with van der Waals surface area (Å²) in [5, 5.41) is 3.33. The molecule has 3 atom stereocenters. The third kappa shape index (κ3) is 2.47. The zero-order chi connectivity index (χ0) is 14.1. The van der Waals surface area contributed by atoms with Crippen molar-refractivity contribution in [3.8, 4) is 0 Å². The molecule has 1 N–H and O–H groups in total. The highest BCUT2D eigenvalue weighted by molar-refractivity contribution is 5.83. The van der Waals surface area contributed by atoms with Gasteiger partial charge in [-0.2, -0.15) is 0 Å². The van der Waals surface area contributed by atoms with Gasteiger partial charge in [0.2, 0.25) is 5.91 Å². The van der Waals surface area contributed by atoms with Crippen molar-refractivity contribution in [2.75, 3.05) is 13.1 Å². The van der Waals surface area contributed by atoms with Crippen molar-refractivity contribution < 1.29 is 4.79 Å². The highest BCUT2D eigenvalue weighted by atomic mass is 16.2. The number of benzene rings is 1. The lowest BCUT2D eigenvalue weighted by atomic mass is 9.93. The Bertz CT molecular complexity index is 494. The first-order chi connectivity index (χ1) is 9.66. The van der Waals surface area contributed by atoms with Gasteiger partial charge in [0.05, 0.1) is 6.04 Å². The van der Waals surface area contributed by atoms with E-state index in [0.717, 1.165) is 32.4 Å². The van der Waals surface area contributed by atoms with Crippen molar-refractivity contribution in [1.82, 2.24) is 10.2 Å². The molecule has 0 spiro atoms. The third-order valence-corrected chi connectivity index (χ3v) is 4.84. The van der Waals surface area contributed by atoms with Crippen LogP contribution in [0.4, 0.5) is 0 Å². The molecular weight excluding hydrogens is 248 g/mol. The second-order valence-corrected chi connectivity index (χ2v) is 6.28. The van der Waals surface area contributed by atoms with Crippen LogP contribution in [0, 0.1) is 6.92 Å². The first-order valence-electron chi connectivity index (χ1n) is 7.76. The largest absolute Gasteiger partial charge is 0.338 e. The SMILES string of the molecule is Cc1ccccc1[C@@H]1C[C@H](C)N(C(=O)[C@H]2CCCN2)C1. The van der Waals surface area contributed by atoms with Crippen molar-refractivity contribution in [1.29, 1.82) is 0 Å². The summed E-state index contributed by atoms with van der Waals surface area (Å²) in [6, 6.07) is 9.00. The number of hydrogen-bond acceptors (Lipinski definition) is 2. The average Bonchev–Trinajstić information content (AvgIpc) is 3.08. The second-order valence-electron chi connectivity index (χ2n) is 6.28. The summed E-state index contributed by atoms with van der Waals surface area (Å²) in [4.78, 5) is 14.7. The summed E-state index contributed by atoms with van der Waals surface area (Å²) in [5.41, 5.74) is 2.76. The van der Waals surface area contributed by atoms with Gasteiger partial charge in [-0.25, -0.2) is 0 Å². The predicted molar refractivity (Wildman–Crippen MR) is 80.7 cm³/mol. The number of hydrogen-bond donors (Lipinski definition) is 1. The molecule has 0 aliphatic carbocycles. The van der Waals surface area contributed by atoms with Gasteiger partial charge in [-0.1, -0.05) is 24.3 Å². The molecule has 0 unspecified atom stereocenters. The normalized spacial score (nSPS) is 29.9. The summed E-state index contributed by atoms with van der Waals surface area (Å²) in [7, 11) is 0. The molecule has 2 saturated heterocycles. The summed E-state index contributed by atoms with van der Waals surface area (Å²) in [5.74, 6) is 0.808. The van der Waals surface area contributed by atoms with Crippen LogP contribution in [0.5, 0.6) is 0 Å². The Morgan fingerprint density at radius 2 is 2.15 bits per heavy atom. The molecule has 1 aromatic carbocycles. The number of carbonyl (C=O) groups excluding carboxylic acids is 1. The van der Waals surface area contributed by atoms with Crippen LogP contribution in [-0.2, 0) is 4.79 Å². The first kappa shape index (κ1) is 13.6. The summed E-state index contributed by atoms with van der Waals surface area (Å²) < 4.78 is 0. The lowest BCUT2D eigenvalue weighted by molar-refractivity contribution is -0.133. The van der Waals surface area contributed by atoms with Crippen molar-refractivity contribution >= 4 is 5.91 Å². The number of amides is 1. The molecule has 108 valence electrons. The van der Waals surface area contributed by atoms with Crippen molar-refractivity contribution in [2.24, 2.45) is 0 Å². The minimum atomic E-state index is 0.0630. The molecule has 0 bridgehead atoms. The zero-order valence-corrected chi connectivity index (χ0v) is 12.4. The Labute approximate surface area is 121 Å². The van der Waals surface area contributed by atoms with Crippen molar-refractivity contribution in [2.45, 2.75) is 51.1 Å². The molecule has 2 heterocycles. The van der Waals surface area contributed by atoms with Crippen LogP contribution < -0.4 is 5.32 Å². The van der Waals surface area contributed by atoms with Gasteiger partial charge in [0, 0.05) is 18.5 Å². The molecule has 0 radical (unpaired) electrons. The van der Waals surface area contributed by atoms with Gasteiger partial charge in [0.1, 0.15) is 0 Å². The van der Waals surface area contributed by atoms with Gasteiger partial charge in [0.25, 0.3) is 0 Å². The maximum atomic E-state index is 12.6. The maximum absolute atomic E-state index is 12.6. The molecule has 2 aliphatic rings. The molecule has 0 aromatic heterocycles. The summed E-state index contributed by atoms with van der Waals surface area (Å²) in [6.07, 6.45) is 3.21. The number of aryl methyl sites for hydroxylation is 1. The van der Waals surface area contributed by atoms with E-state index in [-0.39, 0.29) is 6.04 Å². The Morgan fingerprint density at radius 3 is 2.85 bits per heavy atom. The molecule has 1 aromatic rings. The molecule has 20 heavy (non-hydrogen) atoms. The van der Waals surface area contributed by atoms with Crippen LogP contribution in [0.2, 0.25) is 0 Å². The molecule has 0 saturated carbocycles. The molecule has 3 nitrogen and oxygen atoms in total. The van der Waals surface area contributed by atoms with Crippen LogP contribution >= 0.6 is 0 Å². The van der Waals surface area contributed by atoms with E-state index in [1.165, 1.54) is 11.1 Å². The van der Waals surface area contributed by atoms with Gasteiger partial charge >= 0.3 is 0 Å². The fourth-order valence-corrected chi connectivity index (χ4v) is 3.70. The van der Waals surface area contributed by atoms with Gasteiger partial charge < -0.3 is 10.2 Å². The Hall–Kier alpha value is -1.35. The molecule has 3 rings (SSSR count). The zero-order valence-electron chi connectivity index (χ0n) is 12.4. The Kier molecular flexibility index (Phi) is 3.79. The predicted octanol–water partition coefficient (Wildman–Crippen LogP) is 2.45. The van der Waals surface area contributed by atoms with Crippen LogP contribution in [0.15, 0.2) is 24.3 Å². The fraction of sp³-hybridized carbons (Fsp3) is 0.588. The van der Waals surface area contributed by atoms with Gasteiger partial charge in [-0.15, -0.1) is 0 Å². The van der Waals surface area contributed by atoms with Crippen LogP contribution in [0.25, 0.3) is 0 Å². The quantitative estimate of drug-likeness (QED) is 0.897. The smallest absolute Gasteiger partial charge is 0.239 e. The second kappa shape index (κ2) is 5.57. The highest BCUT2D eigenvalue weighted by Gasteiger charge is 2.37. The van der Waals surface area contributed by atoms with Gasteiger partial charge in [0.15, 0.2) is 0 Å². The molecule has 3 heteroatoms. The maximum Gasteiger partial charge on any atom is 0.239 e. The lowest BCUT2D eigenvalue weighted by Crippen LogP contribution is -2.45. The van der Waals surface area contributed by atoms with Crippen molar-refractivity contribution in [3.63, 3.8) is 0 Å². The van der Waals surface area contributed by atoms with E-state index in [2.05, 4.69) is 48.3 Å². The highest BCUT2D eigenvalue weighted by Crippen LogP contribution is 2.33. The monoisotopic (exact) mass is 272 g/mol. The van der Waals surface area contributed by atoms with Crippen LogP contribution in [0.1, 0.15) is 43.2 Å². The van der Waals surface area contributed by atoms with E-state index in [1.54, 1.807) is 0 Å². The van der Waals surface area contributed by atoms with E-state index < -0.39 is 0 Å². The minimum absolute atomic E-state index is 0.0630. The Balaban J connectivity index is 1.73. The van der Waals surface area contributed by atoms with Gasteiger partial charge in [-0.05, 0) is 50.8 Å². The van der Waals surface area contributed by atoms with Gasteiger partial charge in [-0.3, -0.25) is 4.79 Å². The standard InChI is InChI=1S/C17H24N2O/c1-12-6-3-4-7-15(12)14-10-13(2)19(11-14)17(20)16-8-5-9-18-16/h3-4,6-7,13-14,16,18H,5,8-11H2,1-2H3/t13-,14+,16+/m0/s1. The van der Waals surface area contributed by atoms with E-state index in [4.69, 9.17) is 0 Å². The number of nitrogens with zero attached hydrogens (tertiary/aromatic N) is 1. The number of nitrogens with one attached hydrogen (secondary N) is 1. The molecule has 1 amide bonds. The number of rotatable bonds is 2. The average molecular weight is 272 g/mol. The van der Waals surface area contributed by atoms with Crippen LogP contribution in [0.3, 0.4) is 0 Å². The van der Waals surface area contributed by atoms with E-state index in [9.17, 15) is 4.79 Å². The number of carbonyl (C=O) groups is 1. The third-order valence-electron chi connectivity index (χ3n) is 4.84. The van der Waals surface area contributed by atoms with E-state index in [0.29, 0.717) is 17.9 Å². The molecular formula is C17H24N2O. The van der Waals surface area contributed by atoms with Crippen LogP contribution in [-0.4, -0.2) is 36.0 Å². The number of likely N-dealkylation sites (tertiary alicyclic amines) is 1. The molecule has 2 aliphatic heterocycles. The van der Waals surface area contributed by atoms with E-state index in [1.807, 2.05) is 0 Å². The summed E-state index contributed by atoms with van der Waals surface area (Å²) in [6.45, 7) is 6.22. The van der Waals surface area contributed by atoms with E-state index >= 15 is 0 Å².